The molecule has 4 nitrogen and oxygen atoms in total. The van der Waals surface area contributed by atoms with Crippen molar-refractivity contribution in [1.82, 2.24) is 0 Å². The summed E-state index contributed by atoms with van der Waals surface area (Å²) in [4.78, 5) is 9.80. The number of rotatable bonds is 5. The van der Waals surface area contributed by atoms with Crippen molar-refractivity contribution in [2.45, 2.75) is 0 Å². The van der Waals surface area contributed by atoms with Crippen LogP contribution < -0.4 is 0 Å². The van der Waals surface area contributed by atoms with Gasteiger partial charge in [0.2, 0.25) is 0 Å². The van der Waals surface area contributed by atoms with Crippen LogP contribution in [0, 0.1) is 0 Å². The molecular formula is C5H12O4Sr. The van der Waals surface area contributed by atoms with E-state index in [0.29, 0.717) is 13.2 Å². The van der Waals surface area contributed by atoms with Crippen LogP contribution in [0.25, 0.3) is 0 Å². The SMILES string of the molecule is COCCOCC(=O)O.[SrH2]. The fraction of sp³-hybridized carbons (Fsp3) is 0.800. The zero-order valence-corrected chi connectivity index (χ0v) is 5.29. The zero-order valence-electron chi connectivity index (χ0n) is 5.29. The van der Waals surface area contributed by atoms with Crippen molar-refractivity contribution in [2.75, 3.05) is 26.9 Å². The Balaban J connectivity index is 0. The normalized spacial score (nSPS) is 8.50. The van der Waals surface area contributed by atoms with Crippen molar-refractivity contribution in [3.63, 3.8) is 0 Å². The second-order valence-electron chi connectivity index (χ2n) is 1.44. The predicted molar refractivity (Wildman–Crippen MR) is 38.9 cm³/mol. The average molecular weight is 224 g/mol. The van der Waals surface area contributed by atoms with Gasteiger partial charge >= 0.3 is 51.5 Å². The Morgan fingerprint density at radius 1 is 1.50 bits per heavy atom. The van der Waals surface area contributed by atoms with E-state index in [1.807, 2.05) is 0 Å². The van der Waals surface area contributed by atoms with E-state index in [-0.39, 0.29) is 52.1 Å². The number of carboxylic acid groups (broad SMARTS) is 1. The number of carbonyl (C=O) groups is 1. The molecule has 0 rings (SSSR count). The molecule has 5 heteroatoms. The fourth-order valence-corrected chi connectivity index (χ4v) is 0.302. The van der Waals surface area contributed by atoms with E-state index in [1.165, 1.54) is 7.11 Å². The molecule has 0 aromatic rings. The van der Waals surface area contributed by atoms with Crippen LogP contribution in [-0.2, 0) is 14.3 Å². The second kappa shape index (κ2) is 9.87. The summed E-state index contributed by atoms with van der Waals surface area (Å²) >= 11 is 0. The minimum absolute atomic E-state index is 0. The van der Waals surface area contributed by atoms with Gasteiger partial charge in [-0.05, 0) is 0 Å². The van der Waals surface area contributed by atoms with E-state index in [2.05, 4.69) is 9.47 Å². The van der Waals surface area contributed by atoms with Crippen molar-refractivity contribution in [1.29, 1.82) is 0 Å². The van der Waals surface area contributed by atoms with E-state index in [4.69, 9.17) is 5.11 Å². The quantitative estimate of drug-likeness (QED) is 0.471. The molecule has 0 bridgehead atoms. The van der Waals surface area contributed by atoms with E-state index >= 15 is 0 Å². The number of ether oxygens (including phenoxy) is 2. The van der Waals surface area contributed by atoms with Gasteiger partial charge in [-0.3, -0.25) is 0 Å². The maximum atomic E-state index is 9.80. The van der Waals surface area contributed by atoms with Gasteiger partial charge in [0.25, 0.3) is 0 Å². The summed E-state index contributed by atoms with van der Waals surface area (Å²) < 4.78 is 9.22. The topological polar surface area (TPSA) is 55.8 Å². The van der Waals surface area contributed by atoms with Crippen LogP contribution in [0.2, 0.25) is 0 Å². The second-order valence-corrected chi connectivity index (χ2v) is 1.44. The number of hydrogen-bond acceptors (Lipinski definition) is 3. The first-order chi connectivity index (χ1) is 4.27. The van der Waals surface area contributed by atoms with Crippen LogP contribution in [0.5, 0.6) is 0 Å². The molecular weight excluding hydrogens is 212 g/mol. The number of methoxy groups -OCH3 is 1. The fourth-order valence-electron chi connectivity index (χ4n) is 0.302. The van der Waals surface area contributed by atoms with Gasteiger partial charge in [-0.1, -0.05) is 0 Å². The van der Waals surface area contributed by atoms with E-state index in [1.54, 1.807) is 0 Å². The Morgan fingerprint density at radius 3 is 2.50 bits per heavy atom. The molecule has 1 N–H and O–H groups in total. The standard InChI is InChI=1S/C5H10O4.Sr.2H/c1-8-2-3-9-4-5(6)7;;;/h2-4H2,1H3,(H,6,7);;;. The zero-order chi connectivity index (χ0) is 7.11. The van der Waals surface area contributed by atoms with Crippen molar-refractivity contribution in [3.05, 3.63) is 0 Å². The van der Waals surface area contributed by atoms with Gasteiger partial charge < -0.3 is 14.6 Å². The molecule has 0 aromatic heterocycles. The molecule has 58 valence electrons. The Kier molecular flexibility index (Phi) is 13.3. The Hall–Kier alpha value is 0.871. The van der Waals surface area contributed by atoms with Gasteiger partial charge in [-0.2, -0.15) is 0 Å². The van der Waals surface area contributed by atoms with E-state index in [9.17, 15) is 4.79 Å². The molecule has 0 aromatic carbocycles. The first-order valence-electron chi connectivity index (χ1n) is 2.56. The molecule has 0 radical (unpaired) electrons. The van der Waals surface area contributed by atoms with Gasteiger partial charge in [0.15, 0.2) is 0 Å². The van der Waals surface area contributed by atoms with Crippen LogP contribution in [0.3, 0.4) is 0 Å². The first kappa shape index (κ1) is 13.5. The average Bonchev–Trinajstić information content (AvgIpc) is 1.80. The van der Waals surface area contributed by atoms with Crippen molar-refractivity contribution >= 4 is 51.5 Å². The molecule has 0 saturated heterocycles. The first-order valence-corrected chi connectivity index (χ1v) is 2.56. The monoisotopic (exact) mass is 224 g/mol. The number of carboxylic acids is 1. The van der Waals surface area contributed by atoms with Crippen LogP contribution >= 0.6 is 0 Å². The molecule has 0 heterocycles. The van der Waals surface area contributed by atoms with Gasteiger partial charge in [0.05, 0.1) is 13.2 Å². The van der Waals surface area contributed by atoms with E-state index in [0.717, 1.165) is 0 Å². The van der Waals surface area contributed by atoms with Crippen molar-refractivity contribution < 1.29 is 19.4 Å². The summed E-state index contributed by atoms with van der Waals surface area (Å²) in [5.41, 5.74) is 0. The van der Waals surface area contributed by atoms with Crippen LogP contribution in [-0.4, -0.2) is 83.5 Å². The maximum absolute atomic E-state index is 9.80. The summed E-state index contributed by atoms with van der Waals surface area (Å²) in [6.45, 7) is 0.527. The summed E-state index contributed by atoms with van der Waals surface area (Å²) in [5, 5.41) is 8.05. The Bertz CT molecular complexity index is 85.7. The van der Waals surface area contributed by atoms with Gasteiger partial charge in [0.1, 0.15) is 6.61 Å². The summed E-state index contributed by atoms with van der Waals surface area (Å²) in [6.07, 6.45) is 0. The summed E-state index contributed by atoms with van der Waals surface area (Å²) in [5.74, 6) is -0.953. The molecule has 0 aliphatic heterocycles. The number of aliphatic carboxylic acids is 1. The van der Waals surface area contributed by atoms with Crippen LogP contribution in [0.15, 0.2) is 0 Å². The van der Waals surface area contributed by atoms with E-state index < -0.39 is 5.97 Å². The summed E-state index contributed by atoms with van der Waals surface area (Å²) in [6, 6.07) is 0. The molecule has 0 spiro atoms. The minimum atomic E-state index is -0.953. The third kappa shape index (κ3) is 11.6. The number of hydrogen-bond donors (Lipinski definition) is 1. The molecule has 10 heavy (non-hydrogen) atoms. The van der Waals surface area contributed by atoms with Gasteiger partial charge in [-0.15, -0.1) is 0 Å². The molecule has 0 fully saturated rings. The molecule has 0 aliphatic carbocycles. The molecule has 0 amide bonds. The molecule has 0 aliphatic rings. The van der Waals surface area contributed by atoms with Gasteiger partial charge in [0, 0.05) is 7.11 Å². The van der Waals surface area contributed by atoms with Gasteiger partial charge in [-0.25, -0.2) is 4.79 Å². The van der Waals surface area contributed by atoms with Crippen LogP contribution in [0.1, 0.15) is 0 Å². The summed E-state index contributed by atoms with van der Waals surface area (Å²) in [7, 11) is 1.53. The molecule has 0 atom stereocenters. The predicted octanol–water partition coefficient (Wildman–Crippen LogP) is -1.18. The van der Waals surface area contributed by atoms with Crippen molar-refractivity contribution in [2.24, 2.45) is 0 Å². The molecule has 0 unspecified atom stereocenters. The van der Waals surface area contributed by atoms with Crippen LogP contribution in [0.4, 0.5) is 0 Å². The third-order valence-electron chi connectivity index (χ3n) is 0.657. The molecule has 0 saturated carbocycles. The Morgan fingerprint density at radius 2 is 2.10 bits per heavy atom. The van der Waals surface area contributed by atoms with Crippen molar-refractivity contribution in [3.8, 4) is 0 Å². The third-order valence-corrected chi connectivity index (χ3v) is 0.657. The Labute approximate surface area is 96.8 Å².